The molecule has 2 N–H and O–H groups in total. The van der Waals surface area contributed by atoms with Gasteiger partial charge in [-0.05, 0) is 36.2 Å². The number of aliphatic hydroxyl groups is 1. The topological polar surface area (TPSA) is 49.3 Å². The largest absolute Gasteiger partial charge is 0.396 e. The number of amides is 1. The van der Waals surface area contributed by atoms with Crippen LogP contribution in [-0.2, 0) is 11.2 Å². The summed E-state index contributed by atoms with van der Waals surface area (Å²) in [6.07, 6.45) is 0.637. The Labute approximate surface area is 123 Å². The van der Waals surface area contributed by atoms with Gasteiger partial charge in [0.25, 0.3) is 0 Å². The number of aliphatic hydroxyl groups excluding tert-OH is 1. The Morgan fingerprint density at radius 1 is 1.05 bits per heavy atom. The summed E-state index contributed by atoms with van der Waals surface area (Å²) in [5, 5.41) is 11.7. The summed E-state index contributed by atoms with van der Waals surface area (Å²) in [5.41, 5.74) is 1.84. The molecule has 0 saturated heterocycles. The highest BCUT2D eigenvalue weighted by Crippen LogP contribution is 2.17. The van der Waals surface area contributed by atoms with E-state index in [-0.39, 0.29) is 12.5 Å². The van der Waals surface area contributed by atoms with Gasteiger partial charge in [-0.1, -0.05) is 30.3 Å². The van der Waals surface area contributed by atoms with Gasteiger partial charge in [0, 0.05) is 17.2 Å². The molecule has 2 aromatic rings. The Morgan fingerprint density at radius 3 is 2.40 bits per heavy atom. The predicted octanol–water partition coefficient (Wildman–Crippen LogP) is 2.95. The number of rotatable bonds is 6. The second kappa shape index (κ2) is 7.72. The quantitative estimate of drug-likeness (QED) is 0.803. The van der Waals surface area contributed by atoms with Crippen molar-refractivity contribution in [2.24, 2.45) is 0 Å². The first-order valence-electron chi connectivity index (χ1n) is 6.45. The third kappa shape index (κ3) is 4.72. The number of hydrogen-bond acceptors (Lipinski definition) is 3. The molecule has 104 valence electrons. The maximum Gasteiger partial charge on any atom is 0.234 e. The fourth-order valence-corrected chi connectivity index (χ4v) is 2.47. The maximum absolute atomic E-state index is 11.8. The van der Waals surface area contributed by atoms with E-state index in [1.54, 1.807) is 0 Å². The molecular formula is C16H17NO2S. The average molecular weight is 287 g/mol. The molecule has 0 aliphatic carbocycles. The highest BCUT2D eigenvalue weighted by atomic mass is 32.2. The van der Waals surface area contributed by atoms with Crippen LogP contribution >= 0.6 is 11.8 Å². The number of carbonyl (C=O) groups is 1. The summed E-state index contributed by atoms with van der Waals surface area (Å²) < 4.78 is 0. The van der Waals surface area contributed by atoms with Gasteiger partial charge in [-0.15, -0.1) is 11.8 Å². The molecule has 0 heterocycles. The Kier molecular flexibility index (Phi) is 5.65. The molecule has 0 atom stereocenters. The van der Waals surface area contributed by atoms with Gasteiger partial charge in [0.15, 0.2) is 0 Å². The first kappa shape index (κ1) is 14.6. The lowest BCUT2D eigenvalue weighted by Gasteiger charge is -2.06. The molecule has 0 aliphatic heterocycles. The zero-order chi connectivity index (χ0) is 14.2. The van der Waals surface area contributed by atoms with Crippen molar-refractivity contribution in [2.75, 3.05) is 17.7 Å². The van der Waals surface area contributed by atoms with E-state index in [4.69, 9.17) is 5.11 Å². The summed E-state index contributed by atoms with van der Waals surface area (Å²) in [6, 6.07) is 17.4. The lowest BCUT2D eigenvalue weighted by atomic mass is 10.1. The molecule has 2 rings (SSSR count). The summed E-state index contributed by atoms with van der Waals surface area (Å²) in [7, 11) is 0. The number of anilines is 1. The van der Waals surface area contributed by atoms with E-state index in [0.717, 1.165) is 16.1 Å². The van der Waals surface area contributed by atoms with Crippen LogP contribution in [-0.4, -0.2) is 23.4 Å². The maximum atomic E-state index is 11.8. The van der Waals surface area contributed by atoms with Crippen LogP contribution in [0.15, 0.2) is 59.5 Å². The van der Waals surface area contributed by atoms with Crippen molar-refractivity contribution >= 4 is 23.4 Å². The van der Waals surface area contributed by atoms with Crippen LogP contribution in [0.1, 0.15) is 5.56 Å². The van der Waals surface area contributed by atoms with E-state index < -0.39 is 0 Å². The van der Waals surface area contributed by atoms with Gasteiger partial charge in [-0.2, -0.15) is 0 Å². The number of thioether (sulfide) groups is 1. The van der Waals surface area contributed by atoms with Gasteiger partial charge in [-0.3, -0.25) is 4.79 Å². The van der Waals surface area contributed by atoms with Gasteiger partial charge in [-0.25, -0.2) is 0 Å². The first-order valence-corrected chi connectivity index (χ1v) is 7.44. The van der Waals surface area contributed by atoms with Gasteiger partial charge >= 0.3 is 0 Å². The predicted molar refractivity (Wildman–Crippen MR) is 83.0 cm³/mol. The first-order chi connectivity index (χ1) is 9.78. The van der Waals surface area contributed by atoms with Crippen molar-refractivity contribution < 1.29 is 9.90 Å². The van der Waals surface area contributed by atoms with E-state index in [1.165, 1.54) is 11.8 Å². The van der Waals surface area contributed by atoms with Gasteiger partial charge in [0.05, 0.1) is 5.75 Å². The van der Waals surface area contributed by atoms with Crippen LogP contribution in [0.2, 0.25) is 0 Å². The minimum absolute atomic E-state index is 0.0197. The minimum Gasteiger partial charge on any atom is -0.396 e. The second-order valence-electron chi connectivity index (χ2n) is 4.32. The highest BCUT2D eigenvalue weighted by Gasteiger charge is 2.03. The second-order valence-corrected chi connectivity index (χ2v) is 5.37. The molecule has 1 amide bonds. The lowest BCUT2D eigenvalue weighted by molar-refractivity contribution is -0.113. The van der Waals surface area contributed by atoms with Crippen LogP contribution in [0.25, 0.3) is 0 Å². The number of carbonyl (C=O) groups excluding carboxylic acids is 1. The molecule has 0 unspecified atom stereocenters. The van der Waals surface area contributed by atoms with E-state index in [9.17, 15) is 4.79 Å². The minimum atomic E-state index is -0.0197. The number of nitrogens with one attached hydrogen (secondary N) is 1. The van der Waals surface area contributed by atoms with Gasteiger partial charge < -0.3 is 10.4 Å². The summed E-state index contributed by atoms with van der Waals surface area (Å²) >= 11 is 1.51. The number of benzene rings is 2. The van der Waals surface area contributed by atoms with E-state index in [2.05, 4.69) is 5.32 Å². The lowest BCUT2D eigenvalue weighted by Crippen LogP contribution is -2.13. The van der Waals surface area contributed by atoms with Crippen molar-refractivity contribution in [1.29, 1.82) is 0 Å². The van der Waals surface area contributed by atoms with Crippen molar-refractivity contribution in [2.45, 2.75) is 11.3 Å². The summed E-state index contributed by atoms with van der Waals surface area (Å²) in [5.74, 6) is 0.372. The molecule has 20 heavy (non-hydrogen) atoms. The monoisotopic (exact) mass is 287 g/mol. The van der Waals surface area contributed by atoms with Crippen LogP contribution in [0.4, 0.5) is 5.69 Å². The normalized spacial score (nSPS) is 10.2. The Morgan fingerprint density at radius 2 is 1.75 bits per heavy atom. The summed E-state index contributed by atoms with van der Waals surface area (Å²) in [6.45, 7) is 0.138. The molecule has 0 radical (unpaired) electrons. The van der Waals surface area contributed by atoms with Gasteiger partial charge in [0.1, 0.15) is 0 Å². The Hall–Kier alpha value is -1.78. The zero-order valence-electron chi connectivity index (χ0n) is 11.1. The number of hydrogen-bond donors (Lipinski definition) is 2. The zero-order valence-corrected chi connectivity index (χ0v) is 11.9. The van der Waals surface area contributed by atoms with Crippen molar-refractivity contribution in [3.8, 4) is 0 Å². The van der Waals surface area contributed by atoms with Crippen LogP contribution in [0.3, 0.4) is 0 Å². The van der Waals surface area contributed by atoms with Crippen LogP contribution < -0.4 is 5.32 Å². The molecule has 0 aromatic heterocycles. The molecular weight excluding hydrogens is 270 g/mol. The van der Waals surface area contributed by atoms with Crippen LogP contribution in [0, 0.1) is 0 Å². The molecule has 0 aliphatic rings. The Bertz CT molecular complexity index is 540. The SMILES string of the molecule is O=C(CSc1ccccc1)Nc1ccc(CCO)cc1. The molecule has 0 spiro atoms. The van der Waals surface area contributed by atoms with E-state index >= 15 is 0 Å². The highest BCUT2D eigenvalue weighted by molar-refractivity contribution is 8.00. The third-order valence-corrected chi connectivity index (χ3v) is 3.76. The fourth-order valence-electron chi connectivity index (χ4n) is 1.75. The summed E-state index contributed by atoms with van der Waals surface area (Å²) in [4.78, 5) is 12.9. The van der Waals surface area contributed by atoms with Crippen molar-refractivity contribution in [3.05, 3.63) is 60.2 Å². The molecule has 0 saturated carbocycles. The van der Waals surface area contributed by atoms with Crippen molar-refractivity contribution in [3.63, 3.8) is 0 Å². The van der Waals surface area contributed by atoms with Crippen molar-refractivity contribution in [1.82, 2.24) is 0 Å². The average Bonchev–Trinajstić information content (AvgIpc) is 2.49. The Balaban J connectivity index is 1.82. The fraction of sp³-hybridized carbons (Fsp3) is 0.188. The van der Waals surface area contributed by atoms with Crippen LogP contribution in [0.5, 0.6) is 0 Å². The molecule has 3 nitrogen and oxygen atoms in total. The standard InChI is InChI=1S/C16H17NO2S/c18-11-10-13-6-8-14(9-7-13)17-16(19)12-20-15-4-2-1-3-5-15/h1-9,18H,10-12H2,(H,17,19). The molecule has 0 bridgehead atoms. The van der Waals surface area contributed by atoms with E-state index in [1.807, 2.05) is 54.6 Å². The van der Waals surface area contributed by atoms with Gasteiger partial charge in [0.2, 0.25) is 5.91 Å². The molecule has 4 heteroatoms. The van der Waals surface area contributed by atoms with E-state index in [0.29, 0.717) is 12.2 Å². The smallest absolute Gasteiger partial charge is 0.234 e. The molecule has 2 aromatic carbocycles. The molecule has 0 fully saturated rings. The third-order valence-electron chi connectivity index (χ3n) is 2.75.